The van der Waals surface area contributed by atoms with Crippen LogP contribution in [0.3, 0.4) is 0 Å². The van der Waals surface area contributed by atoms with Gasteiger partial charge in [0.25, 0.3) is 0 Å². The number of hydrogen-bond donors (Lipinski definition) is 2. The lowest BCUT2D eigenvalue weighted by Crippen LogP contribution is -2.50. The van der Waals surface area contributed by atoms with Gasteiger partial charge in [0.1, 0.15) is 0 Å². The summed E-state index contributed by atoms with van der Waals surface area (Å²) in [5, 5.41) is 7.23. The molecule has 2 aliphatic heterocycles. The molecule has 0 radical (unpaired) electrons. The second-order valence-corrected chi connectivity index (χ2v) is 8.85. The van der Waals surface area contributed by atoms with Crippen LogP contribution >= 0.6 is 23.2 Å². The molecule has 28 heavy (non-hydrogen) atoms. The van der Waals surface area contributed by atoms with E-state index in [-0.39, 0.29) is 36.0 Å². The summed E-state index contributed by atoms with van der Waals surface area (Å²) in [6, 6.07) is 13.0. The third kappa shape index (κ3) is 2.90. The van der Waals surface area contributed by atoms with E-state index in [2.05, 4.69) is 24.5 Å². The van der Waals surface area contributed by atoms with Crippen LogP contribution in [-0.4, -0.2) is 18.4 Å². The third-order valence-electron chi connectivity index (χ3n) is 6.15. The van der Waals surface area contributed by atoms with Gasteiger partial charge in [-0.1, -0.05) is 55.2 Å². The molecule has 1 saturated heterocycles. The van der Waals surface area contributed by atoms with Crippen LogP contribution in [0.5, 0.6) is 0 Å². The lowest BCUT2D eigenvalue weighted by molar-refractivity contribution is -0.124. The fourth-order valence-electron chi connectivity index (χ4n) is 4.97. The van der Waals surface area contributed by atoms with Crippen LogP contribution in [0.4, 0.5) is 5.69 Å². The summed E-state index contributed by atoms with van der Waals surface area (Å²) in [4.78, 5) is 26.3. The van der Waals surface area contributed by atoms with Gasteiger partial charge in [-0.25, -0.2) is 0 Å². The molecule has 146 valence electrons. The molecule has 6 heteroatoms. The Morgan fingerprint density at radius 1 is 1.07 bits per heavy atom. The molecule has 4 rings (SSSR count). The van der Waals surface area contributed by atoms with Crippen LogP contribution in [0.2, 0.25) is 10.0 Å². The van der Waals surface area contributed by atoms with Crippen molar-refractivity contribution in [3.05, 3.63) is 63.6 Å². The summed E-state index contributed by atoms with van der Waals surface area (Å²) in [6.07, 6.45) is 0.221. The van der Waals surface area contributed by atoms with Gasteiger partial charge >= 0.3 is 0 Å². The molecule has 2 aromatic rings. The Kier molecular flexibility index (Phi) is 4.88. The van der Waals surface area contributed by atoms with Crippen molar-refractivity contribution in [3.8, 4) is 0 Å². The first-order chi connectivity index (χ1) is 13.3. The quantitative estimate of drug-likeness (QED) is 0.741. The summed E-state index contributed by atoms with van der Waals surface area (Å²) < 4.78 is 0. The van der Waals surface area contributed by atoms with Crippen molar-refractivity contribution in [2.75, 3.05) is 11.9 Å². The maximum atomic E-state index is 13.6. The van der Waals surface area contributed by atoms with Gasteiger partial charge in [-0.2, -0.15) is 0 Å². The number of fused-ring (bicyclic) bond motifs is 2. The molecular formula is C22H22Cl2N2O2. The van der Waals surface area contributed by atoms with Crippen molar-refractivity contribution in [1.29, 1.82) is 0 Å². The summed E-state index contributed by atoms with van der Waals surface area (Å²) in [5.41, 5.74) is 1.65. The molecule has 2 heterocycles. The Balaban J connectivity index is 2.02. The van der Waals surface area contributed by atoms with E-state index in [1.807, 2.05) is 30.3 Å². The number of hydrogen-bond acceptors (Lipinski definition) is 2. The predicted molar refractivity (Wildman–Crippen MR) is 112 cm³/mol. The first-order valence-electron chi connectivity index (χ1n) is 9.47. The molecule has 2 amide bonds. The lowest BCUT2D eigenvalue weighted by atomic mass is 9.58. The van der Waals surface area contributed by atoms with E-state index < -0.39 is 5.41 Å². The highest BCUT2D eigenvalue weighted by molar-refractivity contribution is 6.31. The Morgan fingerprint density at radius 2 is 1.82 bits per heavy atom. The van der Waals surface area contributed by atoms with Crippen molar-refractivity contribution < 1.29 is 9.59 Å². The van der Waals surface area contributed by atoms with Crippen molar-refractivity contribution in [2.24, 2.45) is 11.8 Å². The maximum absolute atomic E-state index is 13.6. The van der Waals surface area contributed by atoms with Crippen molar-refractivity contribution in [2.45, 2.75) is 31.6 Å². The van der Waals surface area contributed by atoms with Crippen LogP contribution in [0.15, 0.2) is 42.5 Å². The number of carbonyl (C=O) groups is 2. The van der Waals surface area contributed by atoms with Gasteiger partial charge in [-0.05, 0) is 47.2 Å². The number of halogens is 2. The molecule has 2 N–H and O–H groups in total. The maximum Gasteiger partial charge on any atom is 0.236 e. The van der Waals surface area contributed by atoms with E-state index in [0.717, 1.165) is 16.8 Å². The van der Waals surface area contributed by atoms with Crippen molar-refractivity contribution in [1.82, 2.24) is 5.32 Å². The Hall–Kier alpha value is -2.04. The number of rotatable bonds is 2. The van der Waals surface area contributed by atoms with E-state index in [0.29, 0.717) is 16.6 Å². The molecule has 4 nitrogen and oxygen atoms in total. The number of nitrogens with one attached hydrogen (secondary N) is 2. The van der Waals surface area contributed by atoms with Gasteiger partial charge in [-0.3, -0.25) is 9.59 Å². The van der Waals surface area contributed by atoms with E-state index in [1.165, 1.54) is 0 Å². The normalized spacial score (nSPS) is 26.8. The number of benzene rings is 2. The van der Waals surface area contributed by atoms with Gasteiger partial charge in [0.15, 0.2) is 0 Å². The standard InChI is InChI=1S/C22H22Cl2N2O2/c1-12(2)18-11-25-20(27)10-17(13-4-3-5-14(23)8-13)22(18)16-7-6-15(24)9-19(16)26-21(22)28/h3-9,12,17-18H,10-11H2,1-2H3,(H,25,27)(H,26,28)/t17-,18-,22+/m0/s1. The Bertz CT molecular complexity index is 959. The number of anilines is 1. The highest BCUT2D eigenvalue weighted by Gasteiger charge is 2.59. The minimum Gasteiger partial charge on any atom is -0.356 e. The molecule has 0 bridgehead atoms. The van der Waals surface area contributed by atoms with Gasteiger partial charge in [0.05, 0.1) is 5.41 Å². The van der Waals surface area contributed by atoms with E-state index in [9.17, 15) is 9.59 Å². The zero-order chi connectivity index (χ0) is 20.1. The number of carbonyl (C=O) groups excluding carboxylic acids is 2. The van der Waals surface area contributed by atoms with Gasteiger partial charge in [0, 0.05) is 34.6 Å². The van der Waals surface area contributed by atoms with Crippen LogP contribution in [0.25, 0.3) is 0 Å². The first kappa shape index (κ1) is 19.3. The summed E-state index contributed by atoms with van der Waals surface area (Å²) >= 11 is 12.5. The summed E-state index contributed by atoms with van der Waals surface area (Å²) in [5.74, 6) is -0.367. The van der Waals surface area contributed by atoms with Crippen LogP contribution in [-0.2, 0) is 15.0 Å². The minimum absolute atomic E-state index is 0.0530. The average Bonchev–Trinajstić information content (AvgIpc) is 2.80. The average molecular weight is 417 g/mol. The molecule has 2 aromatic carbocycles. The second kappa shape index (κ2) is 7.09. The molecule has 0 saturated carbocycles. The fraction of sp³-hybridized carbons (Fsp3) is 0.364. The van der Waals surface area contributed by atoms with Crippen molar-refractivity contribution in [3.63, 3.8) is 0 Å². The van der Waals surface area contributed by atoms with E-state index >= 15 is 0 Å². The zero-order valence-corrected chi connectivity index (χ0v) is 17.3. The van der Waals surface area contributed by atoms with Crippen LogP contribution < -0.4 is 10.6 Å². The lowest BCUT2D eigenvalue weighted by Gasteiger charge is -2.42. The van der Waals surface area contributed by atoms with Gasteiger partial charge in [-0.15, -0.1) is 0 Å². The molecule has 3 atom stereocenters. The Morgan fingerprint density at radius 3 is 2.54 bits per heavy atom. The molecule has 0 unspecified atom stereocenters. The zero-order valence-electron chi connectivity index (χ0n) is 15.8. The van der Waals surface area contributed by atoms with Crippen LogP contribution in [0.1, 0.15) is 37.3 Å². The molecule has 1 fully saturated rings. The largest absolute Gasteiger partial charge is 0.356 e. The molecule has 0 aromatic heterocycles. The topological polar surface area (TPSA) is 58.2 Å². The molecule has 1 spiro atoms. The van der Waals surface area contributed by atoms with E-state index in [1.54, 1.807) is 12.1 Å². The van der Waals surface area contributed by atoms with E-state index in [4.69, 9.17) is 23.2 Å². The number of amides is 2. The molecule has 0 aliphatic carbocycles. The predicted octanol–water partition coefficient (Wildman–Crippen LogP) is 4.76. The smallest absolute Gasteiger partial charge is 0.236 e. The van der Waals surface area contributed by atoms with Gasteiger partial charge < -0.3 is 10.6 Å². The highest BCUT2D eigenvalue weighted by atomic mass is 35.5. The summed E-state index contributed by atoms with van der Waals surface area (Å²) in [6.45, 7) is 4.64. The molecular weight excluding hydrogens is 395 g/mol. The third-order valence-corrected chi connectivity index (χ3v) is 6.62. The molecule has 2 aliphatic rings. The second-order valence-electron chi connectivity index (χ2n) is 7.98. The van der Waals surface area contributed by atoms with Crippen LogP contribution in [0, 0.1) is 11.8 Å². The van der Waals surface area contributed by atoms with Crippen molar-refractivity contribution >= 4 is 40.7 Å². The first-order valence-corrected chi connectivity index (χ1v) is 10.2. The minimum atomic E-state index is -0.877. The SMILES string of the molecule is CC(C)[C@@H]1CNC(=O)C[C@@H](c2cccc(Cl)c2)[C@@]12C(=O)Nc1cc(Cl)ccc12. The Labute approximate surface area is 174 Å². The van der Waals surface area contributed by atoms with Gasteiger partial charge in [0.2, 0.25) is 11.8 Å². The fourth-order valence-corrected chi connectivity index (χ4v) is 5.34. The highest BCUT2D eigenvalue weighted by Crippen LogP contribution is 2.56. The monoisotopic (exact) mass is 416 g/mol. The summed E-state index contributed by atoms with van der Waals surface area (Å²) in [7, 11) is 0.